The third-order valence-electron chi connectivity index (χ3n) is 3.58. The number of pyridine rings is 1. The molecule has 1 aliphatic rings. The first kappa shape index (κ1) is 13.4. The molecule has 0 radical (unpaired) electrons. The lowest BCUT2D eigenvalue weighted by Gasteiger charge is -2.32. The van der Waals surface area contributed by atoms with Crippen LogP contribution in [0.15, 0.2) is 18.3 Å². The summed E-state index contributed by atoms with van der Waals surface area (Å²) in [6, 6.07) is 2.83. The van der Waals surface area contributed by atoms with Crippen molar-refractivity contribution >= 4 is 12.7 Å². The van der Waals surface area contributed by atoms with Gasteiger partial charge >= 0.3 is 7.12 Å². The summed E-state index contributed by atoms with van der Waals surface area (Å²) in [5.41, 5.74) is -1.11. The Morgan fingerprint density at radius 3 is 2.22 bits per heavy atom. The highest BCUT2D eigenvalue weighted by Crippen LogP contribution is 2.36. The highest BCUT2D eigenvalue weighted by molar-refractivity contribution is 6.61. The second-order valence-corrected chi connectivity index (χ2v) is 5.37. The molecule has 0 spiro atoms. The van der Waals surface area contributed by atoms with Crippen LogP contribution in [0.1, 0.15) is 39.7 Å². The van der Waals surface area contributed by atoms with Gasteiger partial charge in [-0.25, -0.2) is 8.78 Å². The minimum Gasteiger partial charge on any atom is -0.398 e. The van der Waals surface area contributed by atoms with Crippen molar-refractivity contribution in [3.05, 3.63) is 23.9 Å². The number of rotatable bonds is 2. The van der Waals surface area contributed by atoms with E-state index in [4.69, 9.17) is 9.31 Å². The molecule has 0 bridgehead atoms. The molecular formula is C12H16BF2NO2. The zero-order valence-corrected chi connectivity index (χ0v) is 10.9. The van der Waals surface area contributed by atoms with E-state index in [2.05, 4.69) is 4.98 Å². The fourth-order valence-corrected chi connectivity index (χ4v) is 1.77. The molecule has 1 aromatic heterocycles. The smallest absolute Gasteiger partial charge is 0.398 e. The monoisotopic (exact) mass is 255 g/mol. The molecule has 0 aliphatic carbocycles. The molecule has 3 nitrogen and oxygen atoms in total. The average Bonchev–Trinajstić information content (AvgIpc) is 2.48. The van der Waals surface area contributed by atoms with Crippen molar-refractivity contribution in [1.82, 2.24) is 4.98 Å². The van der Waals surface area contributed by atoms with Crippen molar-refractivity contribution in [3.63, 3.8) is 0 Å². The average molecular weight is 255 g/mol. The van der Waals surface area contributed by atoms with Crippen molar-refractivity contribution < 1.29 is 18.1 Å². The largest absolute Gasteiger partial charge is 0.515 e. The Hall–Kier alpha value is -1.01. The second-order valence-electron chi connectivity index (χ2n) is 5.37. The van der Waals surface area contributed by atoms with Gasteiger partial charge in [0.05, 0.1) is 16.8 Å². The van der Waals surface area contributed by atoms with Crippen LogP contribution in [-0.2, 0) is 9.31 Å². The first-order valence-corrected chi connectivity index (χ1v) is 5.83. The van der Waals surface area contributed by atoms with E-state index in [0.29, 0.717) is 0 Å². The molecule has 1 fully saturated rings. The van der Waals surface area contributed by atoms with Crippen molar-refractivity contribution in [3.8, 4) is 0 Å². The van der Waals surface area contributed by atoms with Gasteiger partial charge in [-0.15, -0.1) is 0 Å². The SMILES string of the molecule is CC1(C)OB(c2ncccc2C(F)F)OC1(C)C. The summed E-state index contributed by atoms with van der Waals surface area (Å²) < 4.78 is 37.3. The van der Waals surface area contributed by atoms with Crippen LogP contribution in [0.5, 0.6) is 0 Å². The second kappa shape index (κ2) is 4.28. The molecule has 0 N–H and O–H groups in total. The molecular weight excluding hydrogens is 239 g/mol. The Labute approximate surface area is 106 Å². The van der Waals surface area contributed by atoms with Crippen LogP contribution in [0.2, 0.25) is 0 Å². The predicted octanol–water partition coefficient (Wildman–Crippen LogP) is 2.32. The molecule has 6 heteroatoms. The Bertz CT molecular complexity index is 435. The van der Waals surface area contributed by atoms with E-state index >= 15 is 0 Å². The number of halogens is 2. The predicted molar refractivity (Wildman–Crippen MR) is 64.9 cm³/mol. The molecule has 0 unspecified atom stereocenters. The Balaban J connectivity index is 2.35. The van der Waals surface area contributed by atoms with Gasteiger partial charge < -0.3 is 9.31 Å². The molecule has 2 rings (SSSR count). The number of aromatic nitrogens is 1. The van der Waals surface area contributed by atoms with Crippen LogP contribution in [0, 0.1) is 0 Å². The van der Waals surface area contributed by atoms with Crippen molar-refractivity contribution in [2.75, 3.05) is 0 Å². The highest BCUT2D eigenvalue weighted by atomic mass is 19.3. The summed E-state index contributed by atoms with van der Waals surface area (Å²) in [7, 11) is -0.847. The molecule has 98 valence electrons. The summed E-state index contributed by atoms with van der Waals surface area (Å²) in [6.07, 6.45) is -1.13. The summed E-state index contributed by atoms with van der Waals surface area (Å²) in [4.78, 5) is 3.98. The van der Waals surface area contributed by atoms with Crippen LogP contribution in [0.4, 0.5) is 8.78 Å². The minimum absolute atomic E-state index is 0.143. The van der Waals surface area contributed by atoms with E-state index in [1.165, 1.54) is 18.3 Å². The van der Waals surface area contributed by atoms with Gasteiger partial charge in [0, 0.05) is 11.8 Å². The summed E-state index contributed by atoms with van der Waals surface area (Å²) in [5, 5.41) is 0. The van der Waals surface area contributed by atoms with Gasteiger partial charge in [-0.2, -0.15) is 0 Å². The van der Waals surface area contributed by atoms with Gasteiger partial charge in [0.25, 0.3) is 6.43 Å². The maximum Gasteiger partial charge on any atom is 0.515 e. The van der Waals surface area contributed by atoms with Gasteiger partial charge in [-0.1, -0.05) is 6.07 Å². The summed E-state index contributed by atoms with van der Waals surface area (Å²) in [5.74, 6) is 0. The molecule has 0 amide bonds. The number of nitrogens with zero attached hydrogens (tertiary/aromatic N) is 1. The van der Waals surface area contributed by atoms with Crippen LogP contribution < -0.4 is 5.59 Å². The minimum atomic E-state index is -2.59. The van der Waals surface area contributed by atoms with E-state index in [1.54, 1.807) is 0 Å². The maximum atomic E-state index is 12.9. The molecule has 0 atom stereocenters. The number of hydrogen-bond donors (Lipinski definition) is 0. The standard InChI is InChI=1S/C12H16BF2NO2/c1-11(2)12(3,4)18-13(17-11)9-8(10(14)15)6-5-7-16-9/h5-7,10H,1-4H3. The number of alkyl halides is 2. The quantitative estimate of drug-likeness (QED) is 0.760. The third-order valence-corrected chi connectivity index (χ3v) is 3.58. The maximum absolute atomic E-state index is 12.9. The number of hydrogen-bond acceptors (Lipinski definition) is 3. The van der Waals surface area contributed by atoms with Crippen LogP contribution >= 0.6 is 0 Å². The molecule has 0 saturated carbocycles. The fourth-order valence-electron chi connectivity index (χ4n) is 1.77. The topological polar surface area (TPSA) is 31.4 Å². The lowest BCUT2D eigenvalue weighted by atomic mass is 9.81. The van der Waals surface area contributed by atoms with Gasteiger partial charge in [-0.3, -0.25) is 4.98 Å². The van der Waals surface area contributed by atoms with Gasteiger partial charge in [0.15, 0.2) is 0 Å². The summed E-state index contributed by atoms with van der Waals surface area (Å²) >= 11 is 0. The Morgan fingerprint density at radius 1 is 1.17 bits per heavy atom. The van der Waals surface area contributed by atoms with Crippen molar-refractivity contribution in [1.29, 1.82) is 0 Å². The van der Waals surface area contributed by atoms with E-state index in [1.807, 2.05) is 27.7 Å². The van der Waals surface area contributed by atoms with Gasteiger partial charge in [-0.05, 0) is 33.8 Å². The van der Waals surface area contributed by atoms with E-state index in [-0.39, 0.29) is 11.2 Å². The van der Waals surface area contributed by atoms with E-state index in [9.17, 15) is 8.78 Å². The molecule has 1 aliphatic heterocycles. The first-order valence-electron chi connectivity index (χ1n) is 5.83. The van der Waals surface area contributed by atoms with E-state index in [0.717, 1.165) is 0 Å². The molecule has 0 aromatic carbocycles. The van der Waals surface area contributed by atoms with Gasteiger partial charge in [0.2, 0.25) is 0 Å². The van der Waals surface area contributed by atoms with E-state index < -0.39 is 24.7 Å². The molecule has 1 saturated heterocycles. The van der Waals surface area contributed by atoms with Crippen LogP contribution in [0.3, 0.4) is 0 Å². The first-order chi connectivity index (χ1) is 8.24. The zero-order valence-electron chi connectivity index (χ0n) is 10.9. The molecule has 2 heterocycles. The van der Waals surface area contributed by atoms with Crippen molar-refractivity contribution in [2.45, 2.75) is 45.3 Å². The lowest BCUT2D eigenvalue weighted by molar-refractivity contribution is 0.00578. The van der Waals surface area contributed by atoms with Crippen molar-refractivity contribution in [2.24, 2.45) is 0 Å². The van der Waals surface area contributed by atoms with Gasteiger partial charge in [0.1, 0.15) is 0 Å². The van der Waals surface area contributed by atoms with Crippen LogP contribution in [0.25, 0.3) is 0 Å². The lowest BCUT2D eigenvalue weighted by Crippen LogP contribution is -2.41. The summed E-state index contributed by atoms with van der Waals surface area (Å²) in [6.45, 7) is 7.49. The third kappa shape index (κ3) is 2.15. The Morgan fingerprint density at radius 2 is 1.72 bits per heavy atom. The molecule has 1 aromatic rings. The Kier molecular flexibility index (Phi) is 3.19. The fraction of sp³-hybridized carbons (Fsp3) is 0.583. The highest BCUT2D eigenvalue weighted by Gasteiger charge is 2.53. The van der Waals surface area contributed by atoms with Crippen LogP contribution in [-0.4, -0.2) is 23.3 Å². The zero-order chi connectivity index (χ0) is 13.6. The normalized spacial score (nSPS) is 21.6. The molecule has 18 heavy (non-hydrogen) atoms.